The van der Waals surface area contributed by atoms with E-state index in [0.29, 0.717) is 5.82 Å². The molecule has 5 nitrogen and oxygen atoms in total. The van der Waals surface area contributed by atoms with Crippen LogP contribution in [0.4, 0.5) is 0 Å². The highest BCUT2D eigenvalue weighted by Gasteiger charge is 2.13. The van der Waals surface area contributed by atoms with Crippen LogP contribution in [0.1, 0.15) is 24.6 Å². The predicted molar refractivity (Wildman–Crippen MR) is 44.4 cm³/mol. The predicted octanol–water partition coefficient (Wildman–Crippen LogP) is -0.401. The molecule has 1 aromatic heterocycles. The number of hydrogen-bond donors (Lipinski definition) is 2. The third-order valence-corrected chi connectivity index (χ3v) is 1.81. The third-order valence-electron chi connectivity index (χ3n) is 1.81. The number of rotatable bonds is 3. The summed E-state index contributed by atoms with van der Waals surface area (Å²) in [6.45, 7) is 4.54. The molecule has 0 saturated carbocycles. The Morgan fingerprint density at radius 1 is 1.58 bits per heavy atom. The lowest BCUT2D eigenvalue weighted by Gasteiger charge is -2.09. The molecule has 0 aromatic carbocycles. The number of aliphatic hydroxyl groups excluding tert-OH is 1. The van der Waals surface area contributed by atoms with Crippen molar-refractivity contribution < 1.29 is 5.11 Å². The fraction of sp³-hybridized carbons (Fsp3) is 0.714. The normalized spacial score (nSPS) is 13.3. The number of aliphatic hydroxyl groups is 1. The van der Waals surface area contributed by atoms with Crippen LogP contribution < -0.4 is 5.73 Å². The molecule has 0 fully saturated rings. The second-order valence-electron chi connectivity index (χ2n) is 2.64. The van der Waals surface area contributed by atoms with Crippen molar-refractivity contribution in [3.63, 3.8) is 0 Å². The van der Waals surface area contributed by atoms with Gasteiger partial charge in [-0.2, -0.15) is 0 Å². The molecule has 1 heterocycles. The van der Waals surface area contributed by atoms with Gasteiger partial charge in [0.2, 0.25) is 0 Å². The SMILES string of the molecule is CCn1c(C)nnc1[C@@H](N)CO. The van der Waals surface area contributed by atoms with Gasteiger partial charge in [-0.05, 0) is 13.8 Å². The van der Waals surface area contributed by atoms with Gasteiger partial charge in [-0.15, -0.1) is 10.2 Å². The van der Waals surface area contributed by atoms with Gasteiger partial charge < -0.3 is 15.4 Å². The first kappa shape index (κ1) is 9.15. The summed E-state index contributed by atoms with van der Waals surface area (Å²) in [5, 5.41) is 16.6. The lowest BCUT2D eigenvalue weighted by molar-refractivity contribution is 0.260. The zero-order valence-corrected chi connectivity index (χ0v) is 7.36. The van der Waals surface area contributed by atoms with E-state index in [4.69, 9.17) is 10.8 Å². The summed E-state index contributed by atoms with van der Waals surface area (Å²) >= 11 is 0. The monoisotopic (exact) mass is 170 g/mol. The molecule has 1 aromatic rings. The summed E-state index contributed by atoms with van der Waals surface area (Å²) in [6, 6.07) is -0.425. The van der Waals surface area contributed by atoms with Crippen molar-refractivity contribution >= 4 is 0 Å². The maximum absolute atomic E-state index is 8.81. The molecule has 0 radical (unpaired) electrons. The topological polar surface area (TPSA) is 77.0 Å². The second kappa shape index (κ2) is 3.64. The first-order valence-electron chi connectivity index (χ1n) is 3.96. The van der Waals surface area contributed by atoms with Crippen molar-refractivity contribution in [3.05, 3.63) is 11.6 Å². The number of hydrogen-bond acceptors (Lipinski definition) is 4. The van der Waals surface area contributed by atoms with Gasteiger partial charge in [-0.25, -0.2) is 0 Å². The molecule has 0 amide bonds. The molecular formula is C7H14N4O. The lowest BCUT2D eigenvalue weighted by atomic mass is 10.3. The van der Waals surface area contributed by atoms with Gasteiger partial charge in [0.1, 0.15) is 5.82 Å². The third kappa shape index (κ3) is 1.46. The lowest BCUT2D eigenvalue weighted by Crippen LogP contribution is -2.20. The maximum Gasteiger partial charge on any atom is 0.152 e. The van der Waals surface area contributed by atoms with Crippen molar-refractivity contribution in [2.75, 3.05) is 6.61 Å². The van der Waals surface area contributed by atoms with Crippen LogP contribution in [-0.2, 0) is 6.54 Å². The zero-order valence-electron chi connectivity index (χ0n) is 7.36. The molecule has 12 heavy (non-hydrogen) atoms. The number of aryl methyl sites for hydroxylation is 1. The molecular weight excluding hydrogens is 156 g/mol. The first-order chi connectivity index (χ1) is 5.70. The van der Waals surface area contributed by atoms with E-state index in [1.807, 2.05) is 18.4 Å². The quantitative estimate of drug-likeness (QED) is 0.647. The van der Waals surface area contributed by atoms with E-state index in [-0.39, 0.29) is 6.61 Å². The molecule has 0 aliphatic rings. The Bertz CT molecular complexity index is 258. The fourth-order valence-electron chi connectivity index (χ4n) is 1.14. The Hall–Kier alpha value is -0.940. The van der Waals surface area contributed by atoms with Crippen LogP contribution >= 0.6 is 0 Å². The van der Waals surface area contributed by atoms with Gasteiger partial charge in [0.05, 0.1) is 12.6 Å². The summed E-state index contributed by atoms with van der Waals surface area (Å²) < 4.78 is 1.89. The average Bonchev–Trinajstić information content (AvgIpc) is 2.45. The highest BCUT2D eigenvalue weighted by atomic mass is 16.3. The van der Waals surface area contributed by atoms with Crippen LogP contribution in [0.15, 0.2) is 0 Å². The standard InChI is InChI=1S/C7H14N4O/c1-3-11-5(2)9-10-7(11)6(8)4-12/h6,12H,3-4,8H2,1-2H3/t6-/m0/s1. The molecule has 0 bridgehead atoms. The first-order valence-corrected chi connectivity index (χ1v) is 3.96. The highest BCUT2D eigenvalue weighted by molar-refractivity contribution is 4.98. The maximum atomic E-state index is 8.81. The van der Waals surface area contributed by atoms with Gasteiger partial charge >= 0.3 is 0 Å². The number of nitrogens with two attached hydrogens (primary N) is 1. The van der Waals surface area contributed by atoms with Crippen LogP contribution in [0.25, 0.3) is 0 Å². The van der Waals surface area contributed by atoms with Crippen molar-refractivity contribution in [2.24, 2.45) is 5.73 Å². The molecule has 0 aliphatic heterocycles. The zero-order chi connectivity index (χ0) is 9.14. The highest BCUT2D eigenvalue weighted by Crippen LogP contribution is 2.08. The Kier molecular flexibility index (Phi) is 2.78. The molecule has 0 unspecified atom stereocenters. The van der Waals surface area contributed by atoms with Gasteiger partial charge in [0, 0.05) is 6.54 Å². The summed E-state index contributed by atoms with van der Waals surface area (Å²) in [5.74, 6) is 1.48. The molecule has 0 saturated heterocycles. The minimum atomic E-state index is -0.425. The molecule has 1 atom stereocenters. The largest absolute Gasteiger partial charge is 0.394 e. The molecule has 0 spiro atoms. The van der Waals surface area contributed by atoms with E-state index in [0.717, 1.165) is 12.4 Å². The van der Waals surface area contributed by atoms with Crippen LogP contribution in [0.5, 0.6) is 0 Å². The second-order valence-corrected chi connectivity index (χ2v) is 2.64. The van der Waals surface area contributed by atoms with E-state index >= 15 is 0 Å². The minimum Gasteiger partial charge on any atom is -0.394 e. The average molecular weight is 170 g/mol. The van der Waals surface area contributed by atoms with Gasteiger partial charge in [0.15, 0.2) is 5.82 Å². The molecule has 3 N–H and O–H groups in total. The Balaban J connectivity index is 2.98. The van der Waals surface area contributed by atoms with Crippen LogP contribution in [0, 0.1) is 6.92 Å². The van der Waals surface area contributed by atoms with E-state index in [1.165, 1.54) is 0 Å². The summed E-state index contributed by atoms with van der Waals surface area (Å²) in [5.41, 5.74) is 5.61. The van der Waals surface area contributed by atoms with Crippen molar-refractivity contribution in [3.8, 4) is 0 Å². The summed E-state index contributed by atoms with van der Waals surface area (Å²) in [7, 11) is 0. The number of nitrogens with zero attached hydrogens (tertiary/aromatic N) is 3. The van der Waals surface area contributed by atoms with Gasteiger partial charge in [-0.1, -0.05) is 0 Å². The number of aromatic nitrogens is 3. The van der Waals surface area contributed by atoms with E-state index < -0.39 is 6.04 Å². The van der Waals surface area contributed by atoms with Crippen molar-refractivity contribution in [1.82, 2.24) is 14.8 Å². The Labute approximate surface area is 71.2 Å². The molecule has 68 valence electrons. The Morgan fingerprint density at radius 3 is 2.75 bits per heavy atom. The summed E-state index contributed by atoms with van der Waals surface area (Å²) in [4.78, 5) is 0. The van der Waals surface area contributed by atoms with E-state index in [9.17, 15) is 0 Å². The molecule has 1 rings (SSSR count). The smallest absolute Gasteiger partial charge is 0.152 e. The van der Waals surface area contributed by atoms with Gasteiger partial charge in [-0.3, -0.25) is 0 Å². The van der Waals surface area contributed by atoms with Crippen LogP contribution in [0.2, 0.25) is 0 Å². The molecule has 5 heteroatoms. The summed E-state index contributed by atoms with van der Waals surface area (Å²) in [6.07, 6.45) is 0. The van der Waals surface area contributed by atoms with Gasteiger partial charge in [0.25, 0.3) is 0 Å². The van der Waals surface area contributed by atoms with Crippen molar-refractivity contribution in [2.45, 2.75) is 26.4 Å². The van der Waals surface area contributed by atoms with Crippen LogP contribution in [0.3, 0.4) is 0 Å². The van der Waals surface area contributed by atoms with E-state index in [1.54, 1.807) is 0 Å². The minimum absolute atomic E-state index is 0.0991. The molecule has 0 aliphatic carbocycles. The fourth-order valence-corrected chi connectivity index (χ4v) is 1.14. The van der Waals surface area contributed by atoms with Crippen molar-refractivity contribution in [1.29, 1.82) is 0 Å². The van der Waals surface area contributed by atoms with E-state index in [2.05, 4.69) is 10.2 Å². The van der Waals surface area contributed by atoms with Crippen LogP contribution in [-0.4, -0.2) is 26.5 Å². The Morgan fingerprint density at radius 2 is 2.25 bits per heavy atom.